The zero-order valence-electron chi connectivity index (χ0n) is 14.1. The lowest BCUT2D eigenvalue weighted by Crippen LogP contribution is -2.31. The smallest absolute Gasteiger partial charge is 0.186 e. The van der Waals surface area contributed by atoms with Gasteiger partial charge in [-0.25, -0.2) is 4.98 Å². The van der Waals surface area contributed by atoms with Crippen LogP contribution in [0.1, 0.15) is 19.5 Å². The monoisotopic (exact) mass is 354 g/mol. The Labute approximate surface area is 145 Å². The molecule has 1 atom stereocenters. The van der Waals surface area contributed by atoms with E-state index in [0.29, 0.717) is 48.7 Å². The van der Waals surface area contributed by atoms with Gasteiger partial charge in [0, 0.05) is 25.1 Å². The van der Waals surface area contributed by atoms with Crippen LogP contribution in [0.15, 0.2) is 17.3 Å². The van der Waals surface area contributed by atoms with Gasteiger partial charge >= 0.3 is 0 Å². The van der Waals surface area contributed by atoms with E-state index in [1.807, 2.05) is 0 Å². The Hall–Kier alpha value is -1.64. The highest BCUT2D eigenvalue weighted by molar-refractivity contribution is 8.14. The summed E-state index contributed by atoms with van der Waals surface area (Å²) in [5.41, 5.74) is -0.428. The summed E-state index contributed by atoms with van der Waals surface area (Å²) >= 11 is 1.40. The van der Waals surface area contributed by atoms with Gasteiger partial charge in [0.15, 0.2) is 17.3 Å². The Kier molecular flexibility index (Phi) is 6.59. The second-order valence-electron chi connectivity index (χ2n) is 5.50. The lowest BCUT2D eigenvalue weighted by molar-refractivity contribution is -0.120. The maximum absolute atomic E-state index is 11.7. The van der Waals surface area contributed by atoms with Gasteiger partial charge in [0.1, 0.15) is 22.9 Å². The van der Waals surface area contributed by atoms with Crippen LogP contribution in [0.4, 0.5) is 0 Å². The van der Waals surface area contributed by atoms with Crippen LogP contribution in [-0.4, -0.2) is 65.7 Å². The molecule has 2 rings (SSSR count). The molecule has 8 heteroatoms. The van der Waals surface area contributed by atoms with Crippen LogP contribution in [0.25, 0.3) is 0 Å². The van der Waals surface area contributed by atoms with Crippen LogP contribution in [-0.2, 0) is 14.3 Å². The Morgan fingerprint density at radius 3 is 2.79 bits per heavy atom. The second-order valence-corrected chi connectivity index (χ2v) is 6.46. The SMILES string of the molecule is COCCOCCOc1ccnc(C2=N[C@@](C)(C(C)=O)CS2)c1O. The maximum Gasteiger partial charge on any atom is 0.186 e. The first kappa shape index (κ1) is 18.7. The molecule has 7 nitrogen and oxygen atoms in total. The first-order valence-electron chi connectivity index (χ1n) is 7.59. The summed E-state index contributed by atoms with van der Waals surface area (Å²) in [7, 11) is 1.61. The third-order valence-electron chi connectivity index (χ3n) is 3.60. The molecule has 0 aliphatic carbocycles. The number of rotatable bonds is 9. The number of pyridine rings is 1. The second kappa shape index (κ2) is 8.46. The average Bonchev–Trinajstić information content (AvgIpc) is 2.96. The molecule has 0 radical (unpaired) electrons. The van der Waals surface area contributed by atoms with Crippen LogP contribution in [0, 0.1) is 0 Å². The molecule has 0 aromatic carbocycles. The average molecular weight is 354 g/mol. The van der Waals surface area contributed by atoms with Gasteiger partial charge in [-0.2, -0.15) is 0 Å². The molecule has 0 bridgehead atoms. The summed E-state index contributed by atoms with van der Waals surface area (Å²) in [5, 5.41) is 10.9. The van der Waals surface area contributed by atoms with Crippen LogP contribution in [0.3, 0.4) is 0 Å². The van der Waals surface area contributed by atoms with E-state index < -0.39 is 5.54 Å². The molecule has 0 saturated heterocycles. The third-order valence-corrected chi connectivity index (χ3v) is 4.87. The number of aliphatic imine (C=N–C) groups is 1. The predicted octanol–water partition coefficient (Wildman–Crippen LogP) is 1.67. The molecule has 1 N–H and O–H groups in total. The quantitative estimate of drug-likeness (QED) is 0.675. The summed E-state index contributed by atoms with van der Waals surface area (Å²) in [6.45, 7) is 5.00. The lowest BCUT2D eigenvalue weighted by Gasteiger charge is -2.14. The first-order chi connectivity index (χ1) is 11.5. The fourth-order valence-corrected chi connectivity index (χ4v) is 3.20. The molecule has 1 aromatic rings. The number of methoxy groups -OCH3 is 1. The zero-order chi connectivity index (χ0) is 17.6. The standard InChI is InChI=1S/C16H22N2O5S/c1-11(19)16(2)10-24-15(18-16)13-14(20)12(4-5-17-13)23-9-8-22-7-6-21-3/h4-5,20H,6-10H2,1-3H3/t16-/m1/s1. The highest BCUT2D eigenvalue weighted by Crippen LogP contribution is 2.36. The van der Waals surface area contributed by atoms with E-state index in [-0.39, 0.29) is 11.5 Å². The number of aromatic hydroxyl groups is 1. The number of aromatic nitrogens is 1. The third kappa shape index (κ3) is 4.46. The molecule has 0 spiro atoms. The van der Waals surface area contributed by atoms with Crippen molar-refractivity contribution in [1.29, 1.82) is 0 Å². The topological polar surface area (TPSA) is 90.2 Å². The van der Waals surface area contributed by atoms with Crippen molar-refractivity contribution in [2.24, 2.45) is 4.99 Å². The van der Waals surface area contributed by atoms with Crippen molar-refractivity contribution in [3.63, 3.8) is 0 Å². The fraction of sp³-hybridized carbons (Fsp3) is 0.562. The number of ether oxygens (including phenoxy) is 3. The van der Waals surface area contributed by atoms with Gasteiger partial charge in [0.25, 0.3) is 0 Å². The van der Waals surface area contributed by atoms with Crippen molar-refractivity contribution in [2.75, 3.05) is 39.3 Å². The van der Waals surface area contributed by atoms with Gasteiger partial charge in [-0.15, -0.1) is 11.8 Å². The van der Waals surface area contributed by atoms with E-state index in [9.17, 15) is 9.90 Å². The van der Waals surface area contributed by atoms with E-state index in [1.54, 1.807) is 26.3 Å². The summed E-state index contributed by atoms with van der Waals surface area (Å²) in [4.78, 5) is 20.3. The lowest BCUT2D eigenvalue weighted by atomic mass is 10.0. The van der Waals surface area contributed by atoms with E-state index in [0.717, 1.165) is 0 Å². The van der Waals surface area contributed by atoms with Crippen LogP contribution >= 0.6 is 11.8 Å². The number of carbonyl (C=O) groups excluding carboxylic acids is 1. The van der Waals surface area contributed by atoms with Gasteiger partial charge in [0.05, 0.1) is 19.8 Å². The van der Waals surface area contributed by atoms with Crippen molar-refractivity contribution < 1.29 is 24.1 Å². The molecule has 0 saturated carbocycles. The Balaban J connectivity index is 2.02. The molecular formula is C16H22N2O5S. The van der Waals surface area contributed by atoms with Crippen molar-refractivity contribution in [2.45, 2.75) is 19.4 Å². The van der Waals surface area contributed by atoms with Crippen LogP contribution < -0.4 is 4.74 Å². The molecule has 0 amide bonds. The predicted molar refractivity (Wildman–Crippen MR) is 92.2 cm³/mol. The number of Topliss-reactive ketones (excluding diaryl/α,β-unsaturated/α-hetero) is 1. The van der Waals surface area contributed by atoms with Crippen molar-refractivity contribution in [1.82, 2.24) is 4.98 Å². The van der Waals surface area contributed by atoms with Gasteiger partial charge in [-0.05, 0) is 13.8 Å². The molecule has 2 heterocycles. The van der Waals surface area contributed by atoms with E-state index >= 15 is 0 Å². The molecule has 1 aliphatic rings. The van der Waals surface area contributed by atoms with E-state index in [4.69, 9.17) is 14.2 Å². The van der Waals surface area contributed by atoms with Crippen molar-refractivity contribution >= 4 is 22.6 Å². The molecule has 24 heavy (non-hydrogen) atoms. The minimum Gasteiger partial charge on any atom is -0.503 e. The normalized spacial score (nSPS) is 20.0. The van der Waals surface area contributed by atoms with Gasteiger partial charge < -0.3 is 19.3 Å². The van der Waals surface area contributed by atoms with E-state index in [1.165, 1.54) is 18.7 Å². The first-order valence-corrected chi connectivity index (χ1v) is 8.58. The number of hydrogen-bond donors (Lipinski definition) is 1. The van der Waals surface area contributed by atoms with Crippen LogP contribution in [0.2, 0.25) is 0 Å². The fourth-order valence-electron chi connectivity index (χ4n) is 1.96. The Morgan fingerprint density at radius 1 is 1.38 bits per heavy atom. The Morgan fingerprint density at radius 2 is 2.12 bits per heavy atom. The Bertz CT molecular complexity index is 622. The number of carbonyl (C=O) groups is 1. The van der Waals surface area contributed by atoms with Crippen molar-refractivity contribution in [3.8, 4) is 11.5 Å². The summed E-state index contributed by atoms with van der Waals surface area (Å²) < 4.78 is 15.7. The largest absolute Gasteiger partial charge is 0.503 e. The molecule has 0 unspecified atom stereocenters. The van der Waals surface area contributed by atoms with E-state index in [2.05, 4.69) is 9.98 Å². The van der Waals surface area contributed by atoms with Gasteiger partial charge in [-0.1, -0.05) is 0 Å². The van der Waals surface area contributed by atoms with Crippen molar-refractivity contribution in [3.05, 3.63) is 18.0 Å². The minimum absolute atomic E-state index is 0.00916. The number of hydrogen-bond acceptors (Lipinski definition) is 8. The maximum atomic E-state index is 11.7. The van der Waals surface area contributed by atoms with Gasteiger partial charge in [-0.3, -0.25) is 9.79 Å². The van der Waals surface area contributed by atoms with Gasteiger partial charge in [0.2, 0.25) is 0 Å². The number of ketones is 1. The summed E-state index contributed by atoms with van der Waals surface area (Å²) in [5.74, 6) is 0.769. The number of thioether (sulfide) groups is 1. The molecule has 1 aromatic heterocycles. The molecule has 132 valence electrons. The highest BCUT2D eigenvalue weighted by atomic mass is 32.2. The molecule has 0 fully saturated rings. The van der Waals surface area contributed by atoms with Crippen LogP contribution in [0.5, 0.6) is 11.5 Å². The zero-order valence-corrected chi connectivity index (χ0v) is 14.9. The molecule has 1 aliphatic heterocycles. The minimum atomic E-state index is -0.764. The summed E-state index contributed by atoms with van der Waals surface area (Å²) in [6.07, 6.45) is 1.54. The number of nitrogens with zero attached hydrogens (tertiary/aromatic N) is 2. The highest BCUT2D eigenvalue weighted by Gasteiger charge is 2.36. The molecular weight excluding hydrogens is 332 g/mol. The summed E-state index contributed by atoms with van der Waals surface area (Å²) in [6, 6.07) is 1.58.